The fourth-order valence-corrected chi connectivity index (χ4v) is 5.00. The topological polar surface area (TPSA) is 57.6 Å². The van der Waals surface area contributed by atoms with E-state index in [0.29, 0.717) is 5.56 Å². The Hall–Kier alpha value is -3.35. The number of pyridine rings is 1. The second kappa shape index (κ2) is 9.65. The van der Waals surface area contributed by atoms with Crippen molar-refractivity contribution in [1.29, 1.82) is 0 Å². The summed E-state index contributed by atoms with van der Waals surface area (Å²) in [5.41, 5.74) is 7.42. The lowest BCUT2D eigenvalue weighted by Gasteiger charge is -2.27. The number of piperidine rings is 1. The number of hydrazone groups is 1. The SMILES string of the molecule is Cc1ccc(-c2cc(C(=O)NN=C3CCN(Cc4ccccc4)CC3)c3ccccc3n2)s1. The predicted molar refractivity (Wildman–Crippen MR) is 136 cm³/mol. The number of amides is 1. The van der Waals surface area contributed by atoms with E-state index in [9.17, 15) is 4.79 Å². The van der Waals surface area contributed by atoms with E-state index in [2.05, 4.69) is 58.7 Å². The average molecular weight is 455 g/mol. The van der Waals surface area contributed by atoms with Gasteiger partial charge in [0.2, 0.25) is 0 Å². The number of carbonyl (C=O) groups is 1. The zero-order valence-corrected chi connectivity index (χ0v) is 19.4. The third kappa shape index (κ3) is 5.02. The Bertz CT molecular complexity index is 1300. The molecule has 0 unspecified atom stereocenters. The smallest absolute Gasteiger partial charge is 0.272 e. The third-order valence-electron chi connectivity index (χ3n) is 5.95. The van der Waals surface area contributed by atoms with Crippen LogP contribution in [-0.2, 0) is 6.54 Å². The molecule has 6 heteroatoms. The number of hydrogen-bond donors (Lipinski definition) is 1. The summed E-state index contributed by atoms with van der Waals surface area (Å²) in [6.07, 6.45) is 1.73. The molecule has 2 aromatic heterocycles. The van der Waals surface area contributed by atoms with Crippen LogP contribution < -0.4 is 5.43 Å². The normalized spacial score (nSPS) is 14.4. The summed E-state index contributed by atoms with van der Waals surface area (Å²) < 4.78 is 0. The molecule has 0 bridgehead atoms. The molecule has 1 aliphatic heterocycles. The van der Waals surface area contributed by atoms with Gasteiger partial charge in [0.15, 0.2) is 0 Å². The number of benzene rings is 2. The Kier molecular flexibility index (Phi) is 6.28. The Morgan fingerprint density at radius 3 is 2.55 bits per heavy atom. The minimum atomic E-state index is -0.192. The van der Waals surface area contributed by atoms with Gasteiger partial charge in [0.05, 0.1) is 21.7 Å². The number of thiophene rings is 1. The van der Waals surface area contributed by atoms with Crippen LogP contribution in [-0.4, -0.2) is 34.6 Å². The van der Waals surface area contributed by atoms with Crippen LogP contribution in [0.1, 0.15) is 33.6 Å². The number of carbonyl (C=O) groups excluding carboxylic acids is 1. The highest BCUT2D eigenvalue weighted by molar-refractivity contribution is 7.15. The summed E-state index contributed by atoms with van der Waals surface area (Å²) in [5.74, 6) is -0.192. The molecule has 5 rings (SSSR count). The first-order chi connectivity index (χ1) is 16.2. The van der Waals surface area contributed by atoms with Crippen molar-refractivity contribution >= 4 is 33.9 Å². The summed E-state index contributed by atoms with van der Waals surface area (Å²) in [5, 5.41) is 5.32. The molecule has 3 heterocycles. The Labute approximate surface area is 197 Å². The van der Waals surface area contributed by atoms with Crippen LogP contribution in [0.15, 0.2) is 77.9 Å². The minimum absolute atomic E-state index is 0.192. The number of nitrogens with zero attached hydrogens (tertiary/aromatic N) is 3. The molecular formula is C27H26N4OS. The first kappa shape index (κ1) is 21.5. The quantitative estimate of drug-likeness (QED) is 0.396. The maximum absolute atomic E-state index is 13.1. The van der Waals surface area contributed by atoms with Gasteiger partial charge in [-0.25, -0.2) is 10.4 Å². The first-order valence-electron chi connectivity index (χ1n) is 11.2. The van der Waals surface area contributed by atoms with Crippen LogP contribution in [0.25, 0.3) is 21.5 Å². The zero-order chi connectivity index (χ0) is 22.6. The molecule has 166 valence electrons. The lowest BCUT2D eigenvalue weighted by atomic mass is 10.1. The van der Waals surface area contributed by atoms with Gasteiger partial charge in [0.25, 0.3) is 5.91 Å². The summed E-state index contributed by atoms with van der Waals surface area (Å²) >= 11 is 1.68. The van der Waals surface area contributed by atoms with Crippen LogP contribution in [0.3, 0.4) is 0 Å². The summed E-state index contributed by atoms with van der Waals surface area (Å²) in [7, 11) is 0. The Balaban J connectivity index is 1.30. The van der Waals surface area contributed by atoms with Crippen LogP contribution in [0.5, 0.6) is 0 Å². The van der Waals surface area contributed by atoms with Gasteiger partial charge in [-0.2, -0.15) is 5.10 Å². The van der Waals surface area contributed by atoms with Crippen LogP contribution in [0.2, 0.25) is 0 Å². The van der Waals surface area contributed by atoms with E-state index in [4.69, 9.17) is 4.98 Å². The molecule has 1 amide bonds. The molecule has 0 spiro atoms. The van der Waals surface area contributed by atoms with E-state index in [1.807, 2.05) is 36.4 Å². The molecular weight excluding hydrogens is 428 g/mol. The van der Waals surface area contributed by atoms with Gasteiger partial charge < -0.3 is 0 Å². The van der Waals surface area contributed by atoms with E-state index in [1.54, 1.807) is 11.3 Å². The minimum Gasteiger partial charge on any atom is -0.298 e. The molecule has 0 aliphatic carbocycles. The molecule has 1 saturated heterocycles. The van der Waals surface area contributed by atoms with Gasteiger partial charge >= 0.3 is 0 Å². The molecule has 5 nitrogen and oxygen atoms in total. The zero-order valence-electron chi connectivity index (χ0n) is 18.6. The number of aromatic nitrogens is 1. The van der Waals surface area contributed by atoms with Crippen molar-refractivity contribution in [2.75, 3.05) is 13.1 Å². The van der Waals surface area contributed by atoms with Crippen molar-refractivity contribution in [1.82, 2.24) is 15.3 Å². The first-order valence-corrected chi connectivity index (χ1v) is 12.1. The van der Waals surface area contributed by atoms with Crippen molar-refractivity contribution in [2.45, 2.75) is 26.3 Å². The van der Waals surface area contributed by atoms with Gasteiger partial charge in [-0.15, -0.1) is 11.3 Å². The number of rotatable bonds is 5. The summed E-state index contributed by atoms with van der Waals surface area (Å²) in [6, 6.07) is 24.3. The van der Waals surface area contributed by atoms with E-state index in [0.717, 1.165) is 59.7 Å². The highest BCUT2D eigenvalue weighted by Crippen LogP contribution is 2.29. The third-order valence-corrected chi connectivity index (χ3v) is 6.97. The van der Waals surface area contributed by atoms with Crippen LogP contribution in [0.4, 0.5) is 0 Å². The fourth-order valence-electron chi connectivity index (χ4n) is 4.17. The van der Waals surface area contributed by atoms with Crippen molar-refractivity contribution in [3.05, 3.63) is 88.8 Å². The second-order valence-electron chi connectivity index (χ2n) is 8.36. The number of likely N-dealkylation sites (tertiary alicyclic amines) is 1. The van der Waals surface area contributed by atoms with Crippen molar-refractivity contribution in [3.63, 3.8) is 0 Å². The molecule has 1 aliphatic rings. The molecule has 0 radical (unpaired) electrons. The molecule has 33 heavy (non-hydrogen) atoms. The highest BCUT2D eigenvalue weighted by atomic mass is 32.1. The number of para-hydroxylation sites is 1. The molecule has 2 aromatic carbocycles. The van der Waals surface area contributed by atoms with E-state index >= 15 is 0 Å². The second-order valence-corrected chi connectivity index (χ2v) is 9.65. The monoisotopic (exact) mass is 454 g/mol. The number of hydrogen-bond acceptors (Lipinski definition) is 5. The molecule has 1 N–H and O–H groups in total. The summed E-state index contributed by atoms with van der Waals surface area (Å²) in [4.78, 5) is 22.6. The van der Waals surface area contributed by atoms with E-state index in [-0.39, 0.29) is 5.91 Å². The maximum Gasteiger partial charge on any atom is 0.272 e. The van der Waals surface area contributed by atoms with Gasteiger partial charge in [-0.3, -0.25) is 9.69 Å². The van der Waals surface area contributed by atoms with Crippen molar-refractivity contribution in [2.24, 2.45) is 5.10 Å². The van der Waals surface area contributed by atoms with E-state index < -0.39 is 0 Å². The highest BCUT2D eigenvalue weighted by Gasteiger charge is 2.17. The number of aryl methyl sites for hydroxylation is 1. The van der Waals surface area contributed by atoms with Gasteiger partial charge in [-0.1, -0.05) is 48.5 Å². The van der Waals surface area contributed by atoms with Crippen LogP contribution >= 0.6 is 11.3 Å². The predicted octanol–water partition coefficient (Wildman–Crippen LogP) is 5.65. The maximum atomic E-state index is 13.1. The number of nitrogens with one attached hydrogen (secondary N) is 1. The average Bonchev–Trinajstić information content (AvgIpc) is 3.29. The molecule has 1 fully saturated rings. The molecule has 4 aromatic rings. The fraction of sp³-hybridized carbons (Fsp3) is 0.222. The largest absolute Gasteiger partial charge is 0.298 e. The lowest BCUT2D eigenvalue weighted by Crippen LogP contribution is -2.34. The Morgan fingerprint density at radius 1 is 1.03 bits per heavy atom. The van der Waals surface area contributed by atoms with Gasteiger partial charge in [0.1, 0.15) is 0 Å². The van der Waals surface area contributed by atoms with E-state index in [1.165, 1.54) is 10.4 Å². The standard InChI is InChI=1S/C27H26N4OS/c1-19-11-12-26(33-19)25-17-23(22-9-5-6-10-24(22)28-25)27(32)30-29-21-13-15-31(16-14-21)18-20-7-3-2-4-8-20/h2-12,17H,13-16,18H2,1H3,(H,30,32). The van der Waals surface area contributed by atoms with Crippen molar-refractivity contribution in [3.8, 4) is 10.6 Å². The van der Waals surface area contributed by atoms with Gasteiger partial charge in [0, 0.05) is 48.5 Å². The van der Waals surface area contributed by atoms with Crippen molar-refractivity contribution < 1.29 is 4.79 Å². The molecule has 0 atom stereocenters. The number of fused-ring (bicyclic) bond motifs is 1. The Morgan fingerprint density at radius 2 is 1.79 bits per heavy atom. The lowest BCUT2D eigenvalue weighted by molar-refractivity contribution is 0.0956. The van der Waals surface area contributed by atoms with Gasteiger partial charge in [-0.05, 0) is 36.8 Å². The summed E-state index contributed by atoms with van der Waals surface area (Å²) in [6.45, 7) is 4.92. The molecule has 0 saturated carbocycles. The van der Waals surface area contributed by atoms with Crippen LogP contribution in [0, 0.1) is 6.92 Å².